The van der Waals surface area contributed by atoms with Gasteiger partial charge in [-0.15, -0.1) is 11.3 Å². The Balaban J connectivity index is 2.10. The van der Waals surface area contributed by atoms with E-state index in [0.29, 0.717) is 5.41 Å². The Kier molecular flexibility index (Phi) is 4.10. The molecule has 2 heterocycles. The molecule has 0 saturated carbocycles. The Bertz CT molecular complexity index is 320. The first-order valence-corrected chi connectivity index (χ1v) is 7.49. The topological polar surface area (TPSA) is 9.23 Å². The fourth-order valence-corrected chi connectivity index (χ4v) is 3.99. The van der Waals surface area contributed by atoms with E-state index in [2.05, 4.69) is 21.3 Å². The highest BCUT2D eigenvalue weighted by molar-refractivity contribution is 9.09. The molecule has 15 heavy (non-hydrogen) atoms. The van der Waals surface area contributed by atoms with Gasteiger partial charge in [-0.25, -0.2) is 0 Å². The van der Waals surface area contributed by atoms with Crippen molar-refractivity contribution in [3.05, 3.63) is 21.3 Å². The second-order valence-corrected chi connectivity index (χ2v) is 6.08. The molecule has 0 aliphatic carbocycles. The second kappa shape index (κ2) is 5.17. The summed E-state index contributed by atoms with van der Waals surface area (Å²) in [6.07, 6.45) is 3.34. The van der Waals surface area contributed by atoms with Crippen LogP contribution in [0.5, 0.6) is 0 Å². The van der Waals surface area contributed by atoms with Crippen molar-refractivity contribution in [3.8, 4) is 0 Å². The van der Waals surface area contributed by atoms with E-state index in [4.69, 9.17) is 16.3 Å². The predicted molar refractivity (Wildman–Crippen MR) is 69.3 cm³/mol. The van der Waals surface area contributed by atoms with E-state index >= 15 is 0 Å². The van der Waals surface area contributed by atoms with Gasteiger partial charge in [-0.3, -0.25) is 0 Å². The number of ether oxygens (including phenoxy) is 1. The van der Waals surface area contributed by atoms with Crippen LogP contribution in [-0.2, 0) is 11.2 Å². The van der Waals surface area contributed by atoms with Crippen molar-refractivity contribution in [1.82, 2.24) is 0 Å². The average molecular weight is 310 g/mol. The maximum absolute atomic E-state index is 6.14. The standard InChI is InChI=1S/C11H14BrClOS/c12-8-11(2-4-14-5-3-11)7-10-9(13)1-6-15-10/h1,6H,2-5,7-8H2. The van der Waals surface area contributed by atoms with Gasteiger partial charge in [0.25, 0.3) is 0 Å². The minimum absolute atomic E-state index is 0.354. The summed E-state index contributed by atoms with van der Waals surface area (Å²) in [6.45, 7) is 1.77. The Morgan fingerprint density at radius 3 is 2.73 bits per heavy atom. The normalized spacial score (nSPS) is 20.4. The molecule has 0 unspecified atom stereocenters. The van der Waals surface area contributed by atoms with Gasteiger partial charge in [0.15, 0.2) is 0 Å². The van der Waals surface area contributed by atoms with Crippen LogP contribution >= 0.6 is 38.9 Å². The zero-order valence-corrected chi connectivity index (χ0v) is 11.6. The fraction of sp³-hybridized carbons (Fsp3) is 0.636. The molecule has 4 heteroatoms. The maximum atomic E-state index is 6.14. The van der Waals surface area contributed by atoms with Crippen molar-refractivity contribution < 1.29 is 4.74 Å². The highest BCUT2D eigenvalue weighted by atomic mass is 79.9. The molecule has 1 aromatic heterocycles. The van der Waals surface area contributed by atoms with Gasteiger partial charge in [0.2, 0.25) is 0 Å². The molecule has 1 aliphatic heterocycles. The molecule has 1 aromatic rings. The van der Waals surface area contributed by atoms with E-state index in [1.165, 1.54) is 4.88 Å². The minimum Gasteiger partial charge on any atom is -0.381 e. The van der Waals surface area contributed by atoms with Crippen LogP contribution in [0.25, 0.3) is 0 Å². The quantitative estimate of drug-likeness (QED) is 0.763. The Labute approximate surface area is 108 Å². The van der Waals surface area contributed by atoms with Gasteiger partial charge in [-0.05, 0) is 36.1 Å². The lowest BCUT2D eigenvalue weighted by Crippen LogP contribution is -2.33. The van der Waals surface area contributed by atoms with E-state index in [1.54, 1.807) is 11.3 Å². The summed E-state index contributed by atoms with van der Waals surface area (Å²) >= 11 is 11.5. The third-order valence-corrected chi connectivity index (χ3v) is 5.64. The largest absolute Gasteiger partial charge is 0.381 e. The fourth-order valence-electron chi connectivity index (χ4n) is 1.95. The molecular formula is C11H14BrClOS. The second-order valence-electron chi connectivity index (χ2n) is 4.11. The number of hydrogen-bond donors (Lipinski definition) is 0. The third-order valence-electron chi connectivity index (χ3n) is 3.06. The van der Waals surface area contributed by atoms with Crippen LogP contribution in [0.15, 0.2) is 11.4 Å². The van der Waals surface area contributed by atoms with Gasteiger partial charge in [0, 0.05) is 23.4 Å². The number of halogens is 2. The Morgan fingerprint density at radius 1 is 1.47 bits per heavy atom. The van der Waals surface area contributed by atoms with Crippen LogP contribution in [0, 0.1) is 5.41 Å². The van der Waals surface area contributed by atoms with Crippen molar-refractivity contribution >= 4 is 38.9 Å². The van der Waals surface area contributed by atoms with Gasteiger partial charge in [0.1, 0.15) is 0 Å². The summed E-state index contributed by atoms with van der Waals surface area (Å²) in [7, 11) is 0. The average Bonchev–Trinajstić information content (AvgIpc) is 2.66. The van der Waals surface area contributed by atoms with Crippen LogP contribution in [-0.4, -0.2) is 18.5 Å². The van der Waals surface area contributed by atoms with Crippen LogP contribution in [0.1, 0.15) is 17.7 Å². The minimum atomic E-state index is 0.354. The van der Waals surface area contributed by atoms with Crippen molar-refractivity contribution in [2.75, 3.05) is 18.5 Å². The van der Waals surface area contributed by atoms with Gasteiger partial charge in [0.05, 0.1) is 5.02 Å². The van der Waals surface area contributed by atoms with Crippen molar-refractivity contribution in [2.45, 2.75) is 19.3 Å². The van der Waals surface area contributed by atoms with Crippen molar-refractivity contribution in [3.63, 3.8) is 0 Å². The Morgan fingerprint density at radius 2 is 2.20 bits per heavy atom. The molecule has 0 atom stereocenters. The zero-order chi connectivity index (χ0) is 10.7. The number of alkyl halides is 1. The molecule has 0 spiro atoms. The SMILES string of the molecule is Clc1ccsc1CC1(CBr)CCOCC1. The van der Waals surface area contributed by atoms with Crippen LogP contribution in [0.4, 0.5) is 0 Å². The molecule has 0 radical (unpaired) electrons. The van der Waals surface area contributed by atoms with E-state index in [1.807, 2.05) is 6.07 Å². The molecule has 0 N–H and O–H groups in total. The smallest absolute Gasteiger partial charge is 0.0545 e. The summed E-state index contributed by atoms with van der Waals surface area (Å²) in [5.74, 6) is 0. The maximum Gasteiger partial charge on any atom is 0.0545 e. The number of thiophene rings is 1. The summed E-state index contributed by atoms with van der Waals surface area (Å²) in [5, 5.41) is 4.03. The molecule has 1 aliphatic rings. The summed E-state index contributed by atoms with van der Waals surface area (Å²) in [5.41, 5.74) is 0.354. The molecular weight excluding hydrogens is 296 g/mol. The van der Waals surface area contributed by atoms with Crippen molar-refractivity contribution in [2.24, 2.45) is 5.41 Å². The third kappa shape index (κ3) is 2.76. The van der Waals surface area contributed by atoms with E-state index in [-0.39, 0.29) is 0 Å². The van der Waals surface area contributed by atoms with E-state index < -0.39 is 0 Å². The van der Waals surface area contributed by atoms with E-state index in [0.717, 1.165) is 42.8 Å². The molecule has 0 bridgehead atoms. The van der Waals surface area contributed by atoms with Gasteiger partial charge >= 0.3 is 0 Å². The first kappa shape index (κ1) is 11.9. The number of rotatable bonds is 3. The molecule has 1 nitrogen and oxygen atoms in total. The zero-order valence-electron chi connectivity index (χ0n) is 8.47. The van der Waals surface area contributed by atoms with Gasteiger partial charge < -0.3 is 4.74 Å². The van der Waals surface area contributed by atoms with Crippen LogP contribution in [0.3, 0.4) is 0 Å². The molecule has 2 rings (SSSR count). The lowest BCUT2D eigenvalue weighted by Gasteiger charge is -2.35. The van der Waals surface area contributed by atoms with Crippen LogP contribution in [0.2, 0.25) is 5.02 Å². The summed E-state index contributed by atoms with van der Waals surface area (Å²) in [4.78, 5) is 1.32. The highest BCUT2D eigenvalue weighted by Crippen LogP contribution is 2.39. The van der Waals surface area contributed by atoms with Gasteiger partial charge in [-0.2, -0.15) is 0 Å². The highest BCUT2D eigenvalue weighted by Gasteiger charge is 2.32. The van der Waals surface area contributed by atoms with E-state index in [9.17, 15) is 0 Å². The molecule has 1 fully saturated rings. The first-order chi connectivity index (χ1) is 7.26. The van der Waals surface area contributed by atoms with Crippen LogP contribution < -0.4 is 0 Å². The molecule has 84 valence electrons. The molecule has 0 amide bonds. The first-order valence-electron chi connectivity index (χ1n) is 5.11. The summed E-state index contributed by atoms with van der Waals surface area (Å²) in [6, 6.07) is 1.99. The molecule has 1 saturated heterocycles. The lowest BCUT2D eigenvalue weighted by atomic mass is 9.79. The summed E-state index contributed by atoms with van der Waals surface area (Å²) < 4.78 is 5.43. The monoisotopic (exact) mass is 308 g/mol. The number of hydrogen-bond acceptors (Lipinski definition) is 2. The van der Waals surface area contributed by atoms with Crippen molar-refractivity contribution in [1.29, 1.82) is 0 Å². The Hall–Kier alpha value is 0.430. The molecule has 0 aromatic carbocycles. The predicted octanol–water partition coefficient (Wildman–Crippen LogP) is 4.14. The van der Waals surface area contributed by atoms with Gasteiger partial charge in [-0.1, -0.05) is 27.5 Å². The lowest BCUT2D eigenvalue weighted by molar-refractivity contribution is 0.0273.